The van der Waals surface area contributed by atoms with Crippen LogP contribution < -0.4 is 15.4 Å². The number of carbonyl (C=O) groups is 2. The molecule has 0 radical (unpaired) electrons. The molecule has 0 aliphatic carbocycles. The molecule has 1 aromatic heterocycles. The second kappa shape index (κ2) is 8.54. The zero-order valence-corrected chi connectivity index (χ0v) is 15.1. The summed E-state index contributed by atoms with van der Waals surface area (Å²) < 4.78 is 11.1. The third-order valence-electron chi connectivity index (χ3n) is 3.22. The van der Waals surface area contributed by atoms with Crippen LogP contribution in [0.4, 0.5) is 0 Å². The van der Waals surface area contributed by atoms with Gasteiger partial charge in [0, 0.05) is 13.1 Å². The number of nitrogens with one attached hydrogen (secondary N) is 2. The molecule has 2 aromatic rings. The monoisotopic (exact) mass is 394 g/mol. The van der Waals surface area contributed by atoms with Crippen LogP contribution in [0.1, 0.15) is 21.7 Å². The molecule has 2 amide bonds. The average molecular weight is 395 g/mol. The van der Waals surface area contributed by atoms with E-state index in [4.69, 9.17) is 9.15 Å². The maximum Gasteiger partial charge on any atom is 0.287 e. The Hall–Kier alpha value is -2.28. The summed E-state index contributed by atoms with van der Waals surface area (Å²) in [7, 11) is 0. The van der Waals surface area contributed by atoms with Gasteiger partial charge in [0.15, 0.2) is 17.0 Å². The second-order valence-corrected chi connectivity index (χ2v) is 6.05. The van der Waals surface area contributed by atoms with Crippen LogP contribution in [0, 0.1) is 13.8 Å². The van der Waals surface area contributed by atoms with E-state index in [1.807, 2.05) is 32.0 Å². The average Bonchev–Trinajstić information content (AvgIpc) is 2.97. The molecule has 0 fully saturated rings. The number of aryl methyl sites for hydroxylation is 2. The predicted molar refractivity (Wildman–Crippen MR) is 93.2 cm³/mol. The first-order valence-electron chi connectivity index (χ1n) is 7.46. The van der Waals surface area contributed by atoms with Crippen molar-refractivity contribution < 1.29 is 18.7 Å². The van der Waals surface area contributed by atoms with Crippen LogP contribution in [0.2, 0.25) is 0 Å². The van der Waals surface area contributed by atoms with E-state index in [0.717, 1.165) is 11.1 Å². The number of ether oxygens (including phenoxy) is 1. The van der Waals surface area contributed by atoms with Gasteiger partial charge < -0.3 is 19.8 Å². The van der Waals surface area contributed by atoms with E-state index in [1.54, 1.807) is 12.1 Å². The fraction of sp³-hybridized carbons (Fsp3) is 0.294. The fourth-order valence-corrected chi connectivity index (χ4v) is 2.36. The maximum atomic E-state index is 11.7. The van der Waals surface area contributed by atoms with E-state index >= 15 is 0 Å². The second-order valence-electron chi connectivity index (χ2n) is 5.27. The van der Waals surface area contributed by atoms with Gasteiger partial charge in [0.25, 0.3) is 11.8 Å². The van der Waals surface area contributed by atoms with Crippen LogP contribution in [-0.4, -0.2) is 31.5 Å². The van der Waals surface area contributed by atoms with Crippen molar-refractivity contribution in [2.45, 2.75) is 13.8 Å². The summed E-state index contributed by atoms with van der Waals surface area (Å²) in [4.78, 5) is 23.5. The summed E-state index contributed by atoms with van der Waals surface area (Å²) in [5.41, 5.74) is 2.13. The number of amides is 2. The molecule has 0 bridgehead atoms. The van der Waals surface area contributed by atoms with Gasteiger partial charge >= 0.3 is 0 Å². The molecule has 0 saturated carbocycles. The van der Waals surface area contributed by atoms with Crippen LogP contribution in [0.3, 0.4) is 0 Å². The van der Waals surface area contributed by atoms with Crippen molar-refractivity contribution >= 4 is 27.7 Å². The summed E-state index contributed by atoms with van der Waals surface area (Å²) in [6.45, 7) is 4.47. The molecule has 6 nitrogen and oxygen atoms in total. The number of furan rings is 1. The Morgan fingerprint density at radius 2 is 1.88 bits per heavy atom. The Bertz CT molecular complexity index is 727. The highest BCUT2D eigenvalue weighted by Gasteiger charge is 2.10. The lowest BCUT2D eigenvalue weighted by atomic mass is 10.1. The molecule has 2 N–H and O–H groups in total. The van der Waals surface area contributed by atoms with Gasteiger partial charge in [-0.1, -0.05) is 17.7 Å². The minimum absolute atomic E-state index is 0.0665. The number of halogens is 1. The van der Waals surface area contributed by atoms with Crippen molar-refractivity contribution in [2.24, 2.45) is 0 Å². The maximum absolute atomic E-state index is 11.7. The molecule has 0 spiro atoms. The van der Waals surface area contributed by atoms with Crippen molar-refractivity contribution in [1.82, 2.24) is 10.6 Å². The van der Waals surface area contributed by atoms with E-state index in [-0.39, 0.29) is 24.2 Å². The molecule has 0 aliphatic rings. The molecule has 2 rings (SSSR count). The first-order valence-corrected chi connectivity index (χ1v) is 8.25. The van der Waals surface area contributed by atoms with Crippen LogP contribution in [0.15, 0.2) is 39.4 Å². The summed E-state index contributed by atoms with van der Waals surface area (Å²) in [5, 5.41) is 5.32. The quantitative estimate of drug-likeness (QED) is 0.707. The van der Waals surface area contributed by atoms with E-state index in [2.05, 4.69) is 26.6 Å². The molecule has 0 aliphatic heterocycles. The Balaban J connectivity index is 1.65. The highest BCUT2D eigenvalue weighted by Crippen LogP contribution is 2.18. The van der Waals surface area contributed by atoms with E-state index in [9.17, 15) is 9.59 Å². The Kier molecular flexibility index (Phi) is 6.43. The lowest BCUT2D eigenvalue weighted by Gasteiger charge is -2.10. The van der Waals surface area contributed by atoms with Gasteiger partial charge in [0.1, 0.15) is 5.75 Å². The third-order valence-corrected chi connectivity index (χ3v) is 3.65. The summed E-state index contributed by atoms with van der Waals surface area (Å²) >= 11 is 3.13. The van der Waals surface area contributed by atoms with Gasteiger partial charge in [-0.05, 0) is 53.5 Å². The SMILES string of the molecule is Cc1ccc(OCC(=O)NCCNC(=O)c2ccc(Br)o2)c(C)c1. The summed E-state index contributed by atoms with van der Waals surface area (Å²) in [6.07, 6.45) is 0. The number of rotatable bonds is 7. The molecule has 24 heavy (non-hydrogen) atoms. The van der Waals surface area contributed by atoms with Gasteiger partial charge in [-0.3, -0.25) is 9.59 Å². The van der Waals surface area contributed by atoms with Crippen LogP contribution >= 0.6 is 15.9 Å². The Labute approximate surface area is 148 Å². The fourth-order valence-electron chi connectivity index (χ4n) is 2.06. The van der Waals surface area contributed by atoms with Crippen molar-refractivity contribution in [3.63, 3.8) is 0 Å². The molecule has 0 saturated heterocycles. The van der Waals surface area contributed by atoms with Gasteiger partial charge in [-0.2, -0.15) is 0 Å². The minimum Gasteiger partial charge on any atom is -0.484 e. The number of benzene rings is 1. The molecule has 1 aromatic carbocycles. The minimum atomic E-state index is -0.332. The predicted octanol–water partition coefficient (Wildman–Crippen LogP) is 2.58. The lowest BCUT2D eigenvalue weighted by molar-refractivity contribution is -0.123. The highest BCUT2D eigenvalue weighted by molar-refractivity contribution is 9.10. The van der Waals surface area contributed by atoms with Gasteiger partial charge in [-0.25, -0.2) is 0 Å². The van der Waals surface area contributed by atoms with Crippen LogP contribution in [-0.2, 0) is 4.79 Å². The molecule has 0 unspecified atom stereocenters. The number of hydrogen-bond donors (Lipinski definition) is 2. The van der Waals surface area contributed by atoms with E-state index < -0.39 is 0 Å². The Morgan fingerprint density at radius 1 is 1.12 bits per heavy atom. The standard InChI is InChI=1S/C17H19BrN2O4/c1-11-3-4-13(12(2)9-11)23-10-16(21)19-7-8-20-17(22)14-5-6-15(18)24-14/h3-6,9H,7-8,10H2,1-2H3,(H,19,21)(H,20,22). The first kappa shape index (κ1) is 18.1. The third kappa shape index (κ3) is 5.42. The van der Waals surface area contributed by atoms with Crippen LogP contribution in [0.5, 0.6) is 5.75 Å². The lowest BCUT2D eigenvalue weighted by Crippen LogP contribution is -2.36. The molecular weight excluding hydrogens is 376 g/mol. The van der Waals surface area contributed by atoms with Gasteiger partial charge in [-0.15, -0.1) is 0 Å². The van der Waals surface area contributed by atoms with Crippen molar-refractivity contribution in [1.29, 1.82) is 0 Å². The summed E-state index contributed by atoms with van der Waals surface area (Å²) in [6, 6.07) is 8.98. The molecule has 7 heteroatoms. The molecule has 128 valence electrons. The highest BCUT2D eigenvalue weighted by atomic mass is 79.9. The van der Waals surface area contributed by atoms with Crippen molar-refractivity contribution in [3.05, 3.63) is 51.9 Å². The topological polar surface area (TPSA) is 80.6 Å². The van der Waals surface area contributed by atoms with Crippen LogP contribution in [0.25, 0.3) is 0 Å². The van der Waals surface area contributed by atoms with E-state index in [0.29, 0.717) is 23.5 Å². The smallest absolute Gasteiger partial charge is 0.287 e. The van der Waals surface area contributed by atoms with Gasteiger partial charge in [0.2, 0.25) is 0 Å². The largest absolute Gasteiger partial charge is 0.484 e. The number of carbonyl (C=O) groups excluding carboxylic acids is 2. The van der Waals surface area contributed by atoms with Crippen molar-refractivity contribution in [2.75, 3.05) is 19.7 Å². The molecule has 0 atom stereocenters. The number of hydrogen-bond acceptors (Lipinski definition) is 4. The summed E-state index contributed by atoms with van der Waals surface area (Å²) in [5.74, 6) is 0.324. The zero-order valence-electron chi connectivity index (χ0n) is 13.5. The van der Waals surface area contributed by atoms with Gasteiger partial charge in [0.05, 0.1) is 0 Å². The first-order chi connectivity index (χ1) is 11.5. The molecular formula is C17H19BrN2O4. The Morgan fingerprint density at radius 3 is 2.54 bits per heavy atom. The normalized spacial score (nSPS) is 10.3. The zero-order chi connectivity index (χ0) is 17.5. The van der Waals surface area contributed by atoms with E-state index in [1.165, 1.54) is 0 Å². The van der Waals surface area contributed by atoms with Crippen molar-refractivity contribution in [3.8, 4) is 5.75 Å². The molecule has 1 heterocycles.